The Balaban J connectivity index is 2.42. The van der Waals surface area contributed by atoms with E-state index < -0.39 is 5.92 Å². The average Bonchev–Trinajstić information content (AvgIpc) is 2.48. The smallest absolute Gasteiger partial charge is 0.184 e. The number of ketones is 1. The van der Waals surface area contributed by atoms with Crippen molar-refractivity contribution in [1.29, 1.82) is 5.26 Å². The molecule has 0 bridgehead atoms. The molecule has 0 fully saturated rings. The number of carbonyl (C=O) groups is 1. The molecule has 2 heteroatoms. The molecular weight excluding hydrogens is 246 g/mol. The number of benzene rings is 2. The number of aryl methyl sites for hydroxylation is 2. The minimum absolute atomic E-state index is 0.115. The van der Waals surface area contributed by atoms with Gasteiger partial charge in [-0.25, -0.2) is 0 Å². The van der Waals surface area contributed by atoms with Crippen LogP contribution in [0.1, 0.15) is 39.9 Å². The monoisotopic (exact) mass is 263 g/mol. The standard InChI is InChI=1S/C18H17NO/c1-3-14-8-4-5-10-16(14)18(20)17(12-19)15-9-6-7-13(2)11-15/h4-11,17H,3H2,1-2H3. The van der Waals surface area contributed by atoms with Crippen LogP contribution in [0.25, 0.3) is 0 Å². The van der Waals surface area contributed by atoms with Gasteiger partial charge in [-0.15, -0.1) is 0 Å². The fourth-order valence-electron chi connectivity index (χ4n) is 2.36. The summed E-state index contributed by atoms with van der Waals surface area (Å²) < 4.78 is 0. The van der Waals surface area contributed by atoms with E-state index in [1.165, 1.54) is 0 Å². The molecule has 0 aromatic heterocycles. The molecule has 0 saturated heterocycles. The zero-order valence-corrected chi connectivity index (χ0v) is 11.8. The van der Waals surface area contributed by atoms with Crippen LogP contribution >= 0.6 is 0 Å². The van der Waals surface area contributed by atoms with E-state index in [1.807, 2.05) is 56.3 Å². The summed E-state index contributed by atoms with van der Waals surface area (Å²) in [4.78, 5) is 12.6. The molecule has 0 saturated carbocycles. The molecule has 2 aromatic carbocycles. The summed E-state index contributed by atoms with van der Waals surface area (Å²) in [7, 11) is 0. The molecule has 100 valence electrons. The highest BCUT2D eigenvalue weighted by molar-refractivity contribution is 6.03. The summed E-state index contributed by atoms with van der Waals surface area (Å²) in [5, 5.41) is 9.39. The van der Waals surface area contributed by atoms with Crippen LogP contribution in [0.4, 0.5) is 0 Å². The third-order valence-electron chi connectivity index (χ3n) is 3.43. The highest BCUT2D eigenvalue weighted by Crippen LogP contribution is 2.23. The van der Waals surface area contributed by atoms with Crippen LogP contribution in [0, 0.1) is 18.3 Å². The Morgan fingerprint density at radius 2 is 1.95 bits per heavy atom. The molecule has 1 unspecified atom stereocenters. The Bertz CT molecular complexity index is 667. The van der Waals surface area contributed by atoms with E-state index in [9.17, 15) is 10.1 Å². The van der Waals surface area contributed by atoms with Crippen LogP contribution in [0.5, 0.6) is 0 Å². The Hall–Kier alpha value is -2.40. The summed E-state index contributed by atoms with van der Waals surface area (Å²) in [5.41, 5.74) is 3.47. The van der Waals surface area contributed by atoms with Crippen LogP contribution in [0.3, 0.4) is 0 Å². The average molecular weight is 263 g/mol. The first-order valence-corrected chi connectivity index (χ1v) is 6.75. The summed E-state index contributed by atoms with van der Waals surface area (Å²) in [6.07, 6.45) is 0.786. The lowest BCUT2D eigenvalue weighted by Gasteiger charge is -2.12. The van der Waals surface area contributed by atoms with Gasteiger partial charge in [0.05, 0.1) is 6.07 Å². The Kier molecular flexibility index (Phi) is 4.32. The van der Waals surface area contributed by atoms with E-state index in [0.717, 1.165) is 23.1 Å². The van der Waals surface area contributed by atoms with E-state index in [2.05, 4.69) is 6.07 Å². The lowest BCUT2D eigenvalue weighted by molar-refractivity contribution is 0.0978. The zero-order valence-electron chi connectivity index (χ0n) is 11.8. The molecule has 2 nitrogen and oxygen atoms in total. The molecule has 20 heavy (non-hydrogen) atoms. The molecule has 1 atom stereocenters. The maximum absolute atomic E-state index is 12.6. The lowest BCUT2D eigenvalue weighted by Crippen LogP contribution is -2.13. The molecule has 2 rings (SSSR count). The molecule has 2 aromatic rings. The van der Waals surface area contributed by atoms with Gasteiger partial charge >= 0.3 is 0 Å². The van der Waals surface area contributed by atoms with Crippen molar-refractivity contribution >= 4 is 5.78 Å². The van der Waals surface area contributed by atoms with Crippen molar-refractivity contribution < 1.29 is 4.79 Å². The number of rotatable bonds is 4. The van der Waals surface area contributed by atoms with Crippen LogP contribution in [-0.2, 0) is 6.42 Å². The third kappa shape index (κ3) is 2.78. The van der Waals surface area contributed by atoms with Crippen molar-refractivity contribution in [2.24, 2.45) is 0 Å². The molecule has 0 aliphatic heterocycles. The Labute approximate surface area is 119 Å². The van der Waals surface area contributed by atoms with Crippen LogP contribution in [0.2, 0.25) is 0 Å². The molecule has 0 N–H and O–H groups in total. The lowest BCUT2D eigenvalue weighted by atomic mass is 9.88. The summed E-state index contributed by atoms with van der Waals surface area (Å²) in [5.74, 6) is -0.849. The maximum atomic E-state index is 12.6. The third-order valence-corrected chi connectivity index (χ3v) is 3.43. The van der Waals surface area contributed by atoms with Crippen molar-refractivity contribution in [3.05, 3.63) is 70.8 Å². The fourth-order valence-corrected chi connectivity index (χ4v) is 2.36. The van der Waals surface area contributed by atoms with Gasteiger partial charge in [-0.1, -0.05) is 61.0 Å². The predicted molar refractivity (Wildman–Crippen MR) is 79.7 cm³/mol. The van der Waals surface area contributed by atoms with E-state index >= 15 is 0 Å². The van der Waals surface area contributed by atoms with Crippen molar-refractivity contribution in [3.63, 3.8) is 0 Å². The van der Waals surface area contributed by atoms with Gasteiger partial charge in [-0.2, -0.15) is 5.26 Å². The second-order valence-corrected chi connectivity index (χ2v) is 4.85. The van der Waals surface area contributed by atoms with Gasteiger partial charge in [-0.05, 0) is 24.5 Å². The molecule has 0 heterocycles. The molecule has 0 spiro atoms. The number of Topliss-reactive ketones (excluding diaryl/α,β-unsaturated/α-hetero) is 1. The summed E-state index contributed by atoms with van der Waals surface area (Å²) in [6.45, 7) is 3.97. The van der Waals surface area contributed by atoms with E-state index in [1.54, 1.807) is 6.07 Å². The minimum Gasteiger partial charge on any atom is -0.292 e. The maximum Gasteiger partial charge on any atom is 0.184 e. The van der Waals surface area contributed by atoms with Gasteiger partial charge in [-0.3, -0.25) is 4.79 Å². The van der Waals surface area contributed by atoms with Crippen molar-refractivity contribution in [3.8, 4) is 6.07 Å². The number of nitrogens with zero attached hydrogens (tertiary/aromatic N) is 1. The van der Waals surface area contributed by atoms with Crippen molar-refractivity contribution in [2.75, 3.05) is 0 Å². The molecular formula is C18H17NO. The first kappa shape index (κ1) is 14.0. The van der Waals surface area contributed by atoms with E-state index in [0.29, 0.717) is 5.56 Å². The fraction of sp³-hybridized carbons (Fsp3) is 0.222. The summed E-state index contributed by atoms with van der Waals surface area (Å²) >= 11 is 0. The molecule has 0 amide bonds. The molecule has 0 radical (unpaired) electrons. The first-order chi connectivity index (χ1) is 9.67. The minimum atomic E-state index is -0.734. The highest BCUT2D eigenvalue weighted by atomic mass is 16.1. The number of nitriles is 1. The van der Waals surface area contributed by atoms with Gasteiger partial charge in [0.25, 0.3) is 0 Å². The van der Waals surface area contributed by atoms with Crippen LogP contribution in [0.15, 0.2) is 48.5 Å². The molecule has 0 aliphatic carbocycles. The largest absolute Gasteiger partial charge is 0.292 e. The molecule has 0 aliphatic rings. The topological polar surface area (TPSA) is 40.9 Å². The van der Waals surface area contributed by atoms with Crippen LogP contribution < -0.4 is 0 Å². The van der Waals surface area contributed by atoms with Gasteiger partial charge in [0.1, 0.15) is 5.92 Å². The van der Waals surface area contributed by atoms with E-state index in [-0.39, 0.29) is 5.78 Å². The normalized spacial score (nSPS) is 11.7. The quantitative estimate of drug-likeness (QED) is 0.781. The predicted octanol–water partition coefficient (Wildman–Crippen LogP) is 4.05. The Morgan fingerprint density at radius 3 is 2.60 bits per heavy atom. The van der Waals surface area contributed by atoms with Crippen molar-refractivity contribution in [1.82, 2.24) is 0 Å². The Morgan fingerprint density at radius 1 is 1.20 bits per heavy atom. The second-order valence-electron chi connectivity index (χ2n) is 4.85. The summed E-state index contributed by atoms with van der Waals surface area (Å²) in [6, 6.07) is 17.2. The van der Waals surface area contributed by atoms with Gasteiger partial charge in [0.2, 0.25) is 0 Å². The van der Waals surface area contributed by atoms with E-state index in [4.69, 9.17) is 0 Å². The number of carbonyl (C=O) groups excluding carboxylic acids is 1. The SMILES string of the molecule is CCc1ccccc1C(=O)C(C#N)c1cccc(C)c1. The first-order valence-electron chi connectivity index (χ1n) is 6.75. The second kappa shape index (κ2) is 6.16. The zero-order chi connectivity index (χ0) is 14.5. The van der Waals surface area contributed by atoms with Gasteiger partial charge in [0, 0.05) is 5.56 Å². The van der Waals surface area contributed by atoms with Crippen molar-refractivity contribution in [2.45, 2.75) is 26.2 Å². The van der Waals surface area contributed by atoms with Crippen LogP contribution in [-0.4, -0.2) is 5.78 Å². The van der Waals surface area contributed by atoms with Gasteiger partial charge < -0.3 is 0 Å². The number of hydrogen-bond donors (Lipinski definition) is 0. The van der Waals surface area contributed by atoms with Gasteiger partial charge in [0.15, 0.2) is 5.78 Å². The highest BCUT2D eigenvalue weighted by Gasteiger charge is 2.23. The number of hydrogen-bond acceptors (Lipinski definition) is 2.